The van der Waals surface area contributed by atoms with E-state index in [-0.39, 0.29) is 0 Å². The fourth-order valence-electron chi connectivity index (χ4n) is 7.60. The molecule has 4 aliphatic rings. The van der Waals surface area contributed by atoms with Crippen LogP contribution in [0.25, 0.3) is 0 Å². The Hall–Kier alpha value is -0.300. The zero-order chi connectivity index (χ0) is 15.5. The van der Waals surface area contributed by atoms with Crippen LogP contribution >= 0.6 is 0 Å². The maximum atomic E-state index is 6.38. The molecule has 0 aromatic carbocycles. The van der Waals surface area contributed by atoms with E-state index in [1.807, 2.05) is 5.57 Å². The molecule has 3 saturated carbocycles. The van der Waals surface area contributed by atoms with E-state index in [4.69, 9.17) is 5.73 Å². The van der Waals surface area contributed by atoms with Gasteiger partial charge in [-0.3, -0.25) is 0 Å². The molecule has 22 heavy (non-hydrogen) atoms. The summed E-state index contributed by atoms with van der Waals surface area (Å²) in [6.07, 6.45) is 15.5. The molecule has 1 nitrogen and oxygen atoms in total. The van der Waals surface area contributed by atoms with E-state index in [1.54, 1.807) is 0 Å². The van der Waals surface area contributed by atoms with Gasteiger partial charge in [-0.25, -0.2) is 0 Å². The summed E-state index contributed by atoms with van der Waals surface area (Å²) in [5.74, 6) is 3.63. The summed E-state index contributed by atoms with van der Waals surface area (Å²) >= 11 is 0. The minimum atomic E-state index is 0.381. The average molecular weight is 302 g/mol. The van der Waals surface area contributed by atoms with Crippen molar-refractivity contribution in [1.29, 1.82) is 0 Å². The Morgan fingerprint density at radius 1 is 1.09 bits per heavy atom. The van der Waals surface area contributed by atoms with Crippen LogP contribution in [0.4, 0.5) is 0 Å². The lowest BCUT2D eigenvalue weighted by Crippen LogP contribution is -2.51. The Bertz CT molecular complexity index is 478. The van der Waals surface area contributed by atoms with Crippen LogP contribution in [0.2, 0.25) is 0 Å². The van der Waals surface area contributed by atoms with Gasteiger partial charge in [-0.05, 0) is 92.8 Å². The Labute approximate surface area is 137 Å². The molecule has 0 radical (unpaired) electrons. The maximum absolute atomic E-state index is 6.38. The first kappa shape index (κ1) is 15.2. The zero-order valence-corrected chi connectivity index (χ0v) is 14.9. The second-order valence-corrected chi connectivity index (χ2v) is 9.55. The smallest absolute Gasteiger partial charge is 0.00440 e. The first-order valence-corrected chi connectivity index (χ1v) is 9.92. The summed E-state index contributed by atoms with van der Waals surface area (Å²) in [4.78, 5) is 0. The SMILES string of the molecule is C[C@@H](N)[C@H]1CC[C@H]2[C@@H]3CC=C4CCCC[C@]4(C)[C@H]3CC[C@]12C. The molecular formula is C21H35N. The molecule has 0 bridgehead atoms. The molecule has 4 aliphatic carbocycles. The molecule has 124 valence electrons. The highest BCUT2D eigenvalue weighted by Crippen LogP contribution is 2.66. The Balaban J connectivity index is 1.66. The van der Waals surface area contributed by atoms with Gasteiger partial charge in [-0.2, -0.15) is 0 Å². The molecule has 7 atom stereocenters. The monoisotopic (exact) mass is 301 g/mol. The van der Waals surface area contributed by atoms with Crippen LogP contribution in [0.5, 0.6) is 0 Å². The second-order valence-electron chi connectivity index (χ2n) is 9.55. The van der Waals surface area contributed by atoms with Crippen molar-refractivity contribution in [1.82, 2.24) is 0 Å². The van der Waals surface area contributed by atoms with Gasteiger partial charge in [0.25, 0.3) is 0 Å². The van der Waals surface area contributed by atoms with Crippen molar-refractivity contribution >= 4 is 0 Å². The molecule has 3 fully saturated rings. The summed E-state index contributed by atoms with van der Waals surface area (Å²) in [6, 6.07) is 0.381. The number of fused-ring (bicyclic) bond motifs is 5. The lowest BCUT2D eigenvalue weighted by atomic mass is 9.47. The Morgan fingerprint density at radius 2 is 1.91 bits per heavy atom. The number of rotatable bonds is 1. The molecule has 0 spiro atoms. The van der Waals surface area contributed by atoms with E-state index in [9.17, 15) is 0 Å². The highest BCUT2D eigenvalue weighted by Gasteiger charge is 2.58. The van der Waals surface area contributed by atoms with E-state index in [1.165, 1.54) is 57.8 Å². The van der Waals surface area contributed by atoms with Crippen molar-refractivity contribution in [2.45, 2.75) is 84.6 Å². The Morgan fingerprint density at radius 3 is 2.68 bits per heavy atom. The summed E-state index contributed by atoms with van der Waals surface area (Å²) in [5.41, 5.74) is 9.30. The van der Waals surface area contributed by atoms with Crippen molar-refractivity contribution in [3.63, 3.8) is 0 Å². The first-order valence-electron chi connectivity index (χ1n) is 9.92. The lowest BCUT2D eigenvalue weighted by Gasteiger charge is -2.58. The van der Waals surface area contributed by atoms with E-state index in [0.29, 0.717) is 16.9 Å². The predicted molar refractivity (Wildman–Crippen MR) is 93.5 cm³/mol. The average Bonchev–Trinajstić information content (AvgIpc) is 2.84. The molecule has 0 aromatic heterocycles. The third-order valence-corrected chi connectivity index (χ3v) is 8.73. The van der Waals surface area contributed by atoms with Crippen molar-refractivity contribution in [3.8, 4) is 0 Å². The van der Waals surface area contributed by atoms with Crippen LogP contribution in [0.3, 0.4) is 0 Å². The van der Waals surface area contributed by atoms with Crippen molar-refractivity contribution in [3.05, 3.63) is 11.6 Å². The summed E-state index contributed by atoms with van der Waals surface area (Å²) in [5, 5.41) is 0. The van der Waals surface area contributed by atoms with Gasteiger partial charge in [0, 0.05) is 6.04 Å². The molecular weight excluding hydrogens is 266 g/mol. The fraction of sp³-hybridized carbons (Fsp3) is 0.905. The first-order chi connectivity index (χ1) is 10.5. The van der Waals surface area contributed by atoms with Gasteiger partial charge in [0.15, 0.2) is 0 Å². The predicted octanol–water partition coefficient (Wildman–Crippen LogP) is 5.30. The summed E-state index contributed by atoms with van der Waals surface area (Å²) in [6.45, 7) is 7.47. The molecule has 4 rings (SSSR count). The third-order valence-electron chi connectivity index (χ3n) is 8.73. The van der Waals surface area contributed by atoms with Gasteiger partial charge in [0.1, 0.15) is 0 Å². The number of allylic oxidation sites excluding steroid dienone is 2. The maximum Gasteiger partial charge on any atom is 0.00440 e. The lowest BCUT2D eigenvalue weighted by molar-refractivity contribution is -0.0438. The minimum absolute atomic E-state index is 0.381. The molecule has 0 aromatic rings. The van der Waals surface area contributed by atoms with Crippen LogP contribution in [0.15, 0.2) is 11.6 Å². The highest BCUT2D eigenvalue weighted by molar-refractivity contribution is 5.24. The van der Waals surface area contributed by atoms with Gasteiger partial charge in [-0.15, -0.1) is 0 Å². The van der Waals surface area contributed by atoms with Crippen LogP contribution in [-0.2, 0) is 0 Å². The quantitative estimate of drug-likeness (QED) is 0.653. The van der Waals surface area contributed by atoms with Crippen LogP contribution in [-0.4, -0.2) is 6.04 Å². The standard InChI is InChI=1S/C21H35N/c1-14(22)17-9-10-18-16-8-7-15-6-4-5-12-20(15,2)19(16)11-13-21(17,18)3/h7,14,16-19H,4-6,8-13,22H2,1-3H3/t14-,16+,17-,18+,19+,20+,21-/m1/s1. The molecule has 0 saturated heterocycles. The molecule has 0 aliphatic heterocycles. The summed E-state index contributed by atoms with van der Waals surface area (Å²) in [7, 11) is 0. The van der Waals surface area contributed by atoms with Gasteiger partial charge in [0.2, 0.25) is 0 Å². The van der Waals surface area contributed by atoms with E-state index in [2.05, 4.69) is 26.8 Å². The van der Waals surface area contributed by atoms with Gasteiger partial charge in [-0.1, -0.05) is 31.9 Å². The molecule has 0 heterocycles. The van der Waals surface area contributed by atoms with Crippen LogP contribution in [0.1, 0.15) is 78.6 Å². The normalized spacial score (nSPS) is 52.3. The van der Waals surface area contributed by atoms with Gasteiger partial charge < -0.3 is 5.73 Å². The number of nitrogens with two attached hydrogens (primary N) is 1. The third kappa shape index (κ3) is 1.93. The van der Waals surface area contributed by atoms with E-state index < -0.39 is 0 Å². The van der Waals surface area contributed by atoms with Gasteiger partial charge >= 0.3 is 0 Å². The van der Waals surface area contributed by atoms with Crippen LogP contribution in [0, 0.1) is 34.5 Å². The van der Waals surface area contributed by atoms with E-state index in [0.717, 1.165) is 23.7 Å². The largest absolute Gasteiger partial charge is 0.328 e. The molecule has 2 N–H and O–H groups in total. The molecule has 1 heteroatoms. The Kier molecular flexibility index (Phi) is 3.53. The van der Waals surface area contributed by atoms with Crippen molar-refractivity contribution in [2.24, 2.45) is 40.2 Å². The molecule has 0 amide bonds. The zero-order valence-electron chi connectivity index (χ0n) is 14.9. The summed E-state index contributed by atoms with van der Waals surface area (Å²) < 4.78 is 0. The number of hydrogen-bond donors (Lipinski definition) is 1. The van der Waals surface area contributed by atoms with Crippen molar-refractivity contribution < 1.29 is 0 Å². The topological polar surface area (TPSA) is 26.0 Å². The fourth-order valence-corrected chi connectivity index (χ4v) is 7.60. The number of hydrogen-bond acceptors (Lipinski definition) is 1. The van der Waals surface area contributed by atoms with Crippen LogP contribution < -0.4 is 5.73 Å². The van der Waals surface area contributed by atoms with E-state index >= 15 is 0 Å². The highest BCUT2D eigenvalue weighted by atomic mass is 14.7. The van der Waals surface area contributed by atoms with Crippen molar-refractivity contribution in [2.75, 3.05) is 0 Å². The second kappa shape index (κ2) is 5.10. The minimum Gasteiger partial charge on any atom is -0.328 e. The molecule has 0 unspecified atom stereocenters. The van der Waals surface area contributed by atoms with Gasteiger partial charge in [0.05, 0.1) is 0 Å².